The minimum absolute atomic E-state index is 0.0520. The maximum Gasteiger partial charge on any atom is 0.321 e. The molecule has 1 fully saturated rings. The van der Waals surface area contributed by atoms with Crippen molar-refractivity contribution in [3.05, 3.63) is 59.7 Å². The summed E-state index contributed by atoms with van der Waals surface area (Å²) >= 11 is 0. The highest BCUT2D eigenvalue weighted by atomic mass is 16.5. The van der Waals surface area contributed by atoms with Crippen LogP contribution in [-0.4, -0.2) is 49.1 Å². The molecule has 0 atom stereocenters. The van der Waals surface area contributed by atoms with Crippen LogP contribution in [0.1, 0.15) is 11.1 Å². The Morgan fingerprint density at radius 2 is 1.84 bits per heavy atom. The van der Waals surface area contributed by atoms with Crippen LogP contribution in [0.3, 0.4) is 0 Å². The van der Waals surface area contributed by atoms with Crippen LogP contribution in [0.4, 0.5) is 10.5 Å². The van der Waals surface area contributed by atoms with E-state index in [0.717, 1.165) is 44.2 Å². The molecule has 0 saturated carbocycles. The summed E-state index contributed by atoms with van der Waals surface area (Å²) in [6.45, 7) is 6.34. The van der Waals surface area contributed by atoms with Gasteiger partial charge in [-0.1, -0.05) is 30.3 Å². The molecular formula is C20H25N3O2. The first-order valence-corrected chi connectivity index (χ1v) is 8.62. The number of ether oxygens (including phenoxy) is 1. The van der Waals surface area contributed by atoms with Gasteiger partial charge in [-0.3, -0.25) is 4.90 Å². The summed E-state index contributed by atoms with van der Waals surface area (Å²) < 4.78 is 5.19. The van der Waals surface area contributed by atoms with Gasteiger partial charge in [0.2, 0.25) is 0 Å². The minimum Gasteiger partial charge on any atom is -0.497 e. The highest BCUT2D eigenvalue weighted by Gasteiger charge is 2.21. The van der Waals surface area contributed by atoms with Gasteiger partial charge in [-0.05, 0) is 30.2 Å². The molecule has 0 spiro atoms. The Morgan fingerprint density at radius 3 is 2.56 bits per heavy atom. The van der Waals surface area contributed by atoms with E-state index < -0.39 is 0 Å². The zero-order chi connectivity index (χ0) is 17.6. The number of amides is 2. The quantitative estimate of drug-likeness (QED) is 0.929. The van der Waals surface area contributed by atoms with Gasteiger partial charge in [-0.15, -0.1) is 0 Å². The predicted molar refractivity (Wildman–Crippen MR) is 100 cm³/mol. The van der Waals surface area contributed by atoms with Crippen molar-refractivity contribution >= 4 is 11.7 Å². The third-order valence-electron chi connectivity index (χ3n) is 4.64. The van der Waals surface area contributed by atoms with Gasteiger partial charge in [-0.25, -0.2) is 4.79 Å². The molecule has 0 unspecified atom stereocenters. The van der Waals surface area contributed by atoms with Crippen molar-refractivity contribution in [1.29, 1.82) is 0 Å². The first-order chi connectivity index (χ1) is 12.2. The Balaban J connectivity index is 1.51. The topological polar surface area (TPSA) is 44.8 Å². The lowest BCUT2D eigenvalue weighted by Gasteiger charge is -2.35. The van der Waals surface area contributed by atoms with Crippen LogP contribution in [0.15, 0.2) is 48.5 Å². The number of piperazine rings is 1. The van der Waals surface area contributed by atoms with Gasteiger partial charge in [0, 0.05) is 44.5 Å². The fourth-order valence-corrected chi connectivity index (χ4v) is 3.04. The number of nitrogens with zero attached hydrogens (tertiary/aromatic N) is 2. The van der Waals surface area contributed by atoms with E-state index in [4.69, 9.17) is 4.74 Å². The second-order valence-electron chi connectivity index (χ2n) is 6.35. The molecule has 132 valence electrons. The first kappa shape index (κ1) is 17.3. The maximum atomic E-state index is 12.4. The van der Waals surface area contributed by atoms with E-state index in [2.05, 4.69) is 41.4 Å². The summed E-state index contributed by atoms with van der Waals surface area (Å²) in [4.78, 5) is 16.7. The lowest BCUT2D eigenvalue weighted by Crippen LogP contribution is -2.49. The molecule has 2 aromatic rings. The van der Waals surface area contributed by atoms with Gasteiger partial charge < -0.3 is 15.0 Å². The monoisotopic (exact) mass is 339 g/mol. The molecule has 1 saturated heterocycles. The maximum absolute atomic E-state index is 12.4. The third-order valence-corrected chi connectivity index (χ3v) is 4.64. The second-order valence-corrected chi connectivity index (χ2v) is 6.35. The van der Waals surface area contributed by atoms with Crippen LogP contribution in [0.5, 0.6) is 5.75 Å². The predicted octanol–water partition coefficient (Wildman–Crippen LogP) is 3.35. The number of anilines is 1. The van der Waals surface area contributed by atoms with Crippen LogP contribution >= 0.6 is 0 Å². The van der Waals surface area contributed by atoms with Crippen molar-refractivity contribution in [3.63, 3.8) is 0 Å². The zero-order valence-electron chi connectivity index (χ0n) is 14.9. The Kier molecular flexibility index (Phi) is 5.56. The SMILES string of the molecule is COc1cccc(NC(=O)N2CCN(Cc3ccccc3C)CC2)c1. The van der Waals surface area contributed by atoms with Crippen molar-refractivity contribution in [2.75, 3.05) is 38.6 Å². The third kappa shape index (κ3) is 4.51. The van der Waals surface area contributed by atoms with Crippen molar-refractivity contribution in [2.45, 2.75) is 13.5 Å². The molecule has 2 aromatic carbocycles. The number of benzene rings is 2. The number of aryl methyl sites for hydroxylation is 1. The minimum atomic E-state index is -0.0520. The molecule has 1 N–H and O–H groups in total. The molecule has 5 heteroatoms. The van der Waals surface area contributed by atoms with Crippen LogP contribution in [-0.2, 0) is 6.54 Å². The number of hydrogen-bond acceptors (Lipinski definition) is 3. The smallest absolute Gasteiger partial charge is 0.321 e. The fraction of sp³-hybridized carbons (Fsp3) is 0.350. The Labute approximate surface area is 149 Å². The van der Waals surface area contributed by atoms with E-state index in [9.17, 15) is 4.79 Å². The van der Waals surface area contributed by atoms with Gasteiger partial charge in [0.25, 0.3) is 0 Å². The van der Waals surface area contributed by atoms with E-state index in [1.54, 1.807) is 7.11 Å². The molecule has 0 radical (unpaired) electrons. The summed E-state index contributed by atoms with van der Waals surface area (Å²) in [7, 11) is 1.62. The van der Waals surface area contributed by atoms with E-state index in [-0.39, 0.29) is 6.03 Å². The fourth-order valence-electron chi connectivity index (χ4n) is 3.04. The number of carbonyl (C=O) groups is 1. The molecule has 0 aliphatic carbocycles. The van der Waals surface area contributed by atoms with Gasteiger partial charge in [0.05, 0.1) is 7.11 Å². The number of rotatable bonds is 4. The standard InChI is InChI=1S/C20H25N3O2/c1-16-6-3-4-7-17(16)15-22-10-12-23(13-11-22)20(24)21-18-8-5-9-19(14-18)25-2/h3-9,14H,10-13,15H2,1-2H3,(H,21,24). The van der Waals surface area contributed by atoms with Crippen LogP contribution in [0.2, 0.25) is 0 Å². The second kappa shape index (κ2) is 8.03. The molecule has 0 bridgehead atoms. The summed E-state index contributed by atoms with van der Waals surface area (Å²) in [5, 5.41) is 2.95. The zero-order valence-corrected chi connectivity index (χ0v) is 14.9. The van der Waals surface area contributed by atoms with E-state index >= 15 is 0 Å². The van der Waals surface area contributed by atoms with Crippen LogP contribution in [0, 0.1) is 6.92 Å². The number of urea groups is 1. The Bertz CT molecular complexity index is 724. The average Bonchev–Trinajstić information content (AvgIpc) is 2.64. The Hall–Kier alpha value is -2.53. The molecule has 25 heavy (non-hydrogen) atoms. The number of nitrogens with one attached hydrogen (secondary N) is 1. The summed E-state index contributed by atoms with van der Waals surface area (Å²) in [5.41, 5.74) is 3.43. The van der Waals surface area contributed by atoms with Gasteiger partial charge in [0.1, 0.15) is 5.75 Å². The van der Waals surface area contributed by atoms with Gasteiger partial charge >= 0.3 is 6.03 Å². The van der Waals surface area contributed by atoms with Crippen LogP contribution in [0.25, 0.3) is 0 Å². The number of methoxy groups -OCH3 is 1. The molecule has 2 amide bonds. The van der Waals surface area contributed by atoms with Crippen molar-refractivity contribution in [2.24, 2.45) is 0 Å². The molecule has 3 rings (SSSR count). The molecule has 5 nitrogen and oxygen atoms in total. The van der Waals surface area contributed by atoms with Crippen molar-refractivity contribution < 1.29 is 9.53 Å². The van der Waals surface area contributed by atoms with Crippen LogP contribution < -0.4 is 10.1 Å². The highest BCUT2D eigenvalue weighted by Crippen LogP contribution is 2.18. The molecule has 1 heterocycles. The van der Waals surface area contributed by atoms with Gasteiger partial charge in [-0.2, -0.15) is 0 Å². The molecule has 1 aliphatic rings. The van der Waals surface area contributed by atoms with E-state index in [1.165, 1.54) is 11.1 Å². The van der Waals surface area contributed by atoms with E-state index in [0.29, 0.717) is 0 Å². The normalized spacial score (nSPS) is 15.0. The summed E-state index contributed by atoms with van der Waals surface area (Å²) in [6.07, 6.45) is 0. The largest absolute Gasteiger partial charge is 0.497 e. The molecular weight excluding hydrogens is 314 g/mol. The molecule has 0 aromatic heterocycles. The summed E-state index contributed by atoms with van der Waals surface area (Å²) in [6, 6.07) is 15.9. The lowest BCUT2D eigenvalue weighted by atomic mass is 10.1. The highest BCUT2D eigenvalue weighted by molar-refractivity contribution is 5.89. The van der Waals surface area contributed by atoms with Crippen molar-refractivity contribution in [3.8, 4) is 5.75 Å². The Morgan fingerprint density at radius 1 is 1.08 bits per heavy atom. The number of hydrogen-bond donors (Lipinski definition) is 1. The number of carbonyl (C=O) groups excluding carboxylic acids is 1. The van der Waals surface area contributed by atoms with E-state index in [1.807, 2.05) is 29.2 Å². The summed E-state index contributed by atoms with van der Waals surface area (Å²) in [5.74, 6) is 0.737. The van der Waals surface area contributed by atoms with Crippen molar-refractivity contribution in [1.82, 2.24) is 9.80 Å². The molecule has 1 aliphatic heterocycles. The lowest BCUT2D eigenvalue weighted by molar-refractivity contribution is 0.143. The van der Waals surface area contributed by atoms with Gasteiger partial charge in [0.15, 0.2) is 0 Å². The average molecular weight is 339 g/mol. The first-order valence-electron chi connectivity index (χ1n) is 8.62.